The summed E-state index contributed by atoms with van der Waals surface area (Å²) < 4.78 is 10.5. The Hall–Kier alpha value is -1.36. The Morgan fingerprint density at radius 1 is 1.53 bits per heavy atom. The number of nitrogens with two attached hydrogens (primary N) is 1. The molecular formula is C10H15N3O2. The fourth-order valence-electron chi connectivity index (χ4n) is 1.61. The average Bonchev–Trinajstić information content (AvgIpc) is 2.23. The van der Waals surface area contributed by atoms with Crippen LogP contribution in [0.15, 0.2) is 12.3 Å². The third-order valence-corrected chi connectivity index (χ3v) is 2.61. The van der Waals surface area contributed by atoms with E-state index in [2.05, 4.69) is 9.97 Å². The van der Waals surface area contributed by atoms with Crippen molar-refractivity contribution in [3.8, 4) is 11.9 Å². The van der Waals surface area contributed by atoms with Gasteiger partial charge in [-0.05, 0) is 25.3 Å². The second-order valence-electron chi connectivity index (χ2n) is 3.69. The zero-order valence-corrected chi connectivity index (χ0v) is 8.72. The second-order valence-corrected chi connectivity index (χ2v) is 3.69. The Morgan fingerprint density at radius 3 is 3.00 bits per heavy atom. The number of hydrogen-bond donors (Lipinski definition) is 1. The number of rotatable bonds is 4. The highest BCUT2D eigenvalue weighted by molar-refractivity contribution is 5.11. The Balaban J connectivity index is 1.88. The number of ether oxygens (including phenoxy) is 2. The molecule has 0 aromatic carbocycles. The maximum Gasteiger partial charge on any atom is 0.319 e. The highest BCUT2D eigenvalue weighted by Gasteiger charge is 2.30. The molecular weight excluding hydrogens is 194 g/mol. The Morgan fingerprint density at radius 2 is 2.33 bits per heavy atom. The van der Waals surface area contributed by atoms with E-state index in [1.165, 1.54) is 0 Å². The van der Waals surface area contributed by atoms with Crippen molar-refractivity contribution in [3.63, 3.8) is 0 Å². The van der Waals surface area contributed by atoms with E-state index >= 15 is 0 Å². The number of methoxy groups -OCH3 is 1. The van der Waals surface area contributed by atoms with Crippen LogP contribution in [0.4, 0.5) is 0 Å². The van der Waals surface area contributed by atoms with Crippen LogP contribution < -0.4 is 15.2 Å². The van der Waals surface area contributed by atoms with Crippen LogP contribution >= 0.6 is 0 Å². The van der Waals surface area contributed by atoms with Gasteiger partial charge in [-0.25, -0.2) is 4.98 Å². The lowest BCUT2D eigenvalue weighted by atomic mass is 9.82. The third-order valence-electron chi connectivity index (χ3n) is 2.61. The molecule has 0 radical (unpaired) electrons. The SMILES string of the molecule is COc1ccnc(OC2CC(CN)C2)n1. The molecule has 2 N–H and O–H groups in total. The van der Waals surface area contributed by atoms with E-state index in [9.17, 15) is 0 Å². The number of nitrogens with zero attached hydrogens (tertiary/aromatic N) is 2. The summed E-state index contributed by atoms with van der Waals surface area (Å²) in [4.78, 5) is 8.09. The minimum atomic E-state index is 0.214. The van der Waals surface area contributed by atoms with Crippen molar-refractivity contribution in [2.45, 2.75) is 18.9 Å². The fraction of sp³-hybridized carbons (Fsp3) is 0.600. The van der Waals surface area contributed by atoms with E-state index in [-0.39, 0.29) is 6.10 Å². The molecule has 0 unspecified atom stereocenters. The van der Waals surface area contributed by atoms with Crippen LogP contribution in [0.1, 0.15) is 12.8 Å². The van der Waals surface area contributed by atoms with Crippen molar-refractivity contribution in [1.82, 2.24) is 9.97 Å². The summed E-state index contributed by atoms with van der Waals surface area (Å²) in [5.41, 5.74) is 5.53. The van der Waals surface area contributed by atoms with Crippen molar-refractivity contribution in [1.29, 1.82) is 0 Å². The van der Waals surface area contributed by atoms with Crippen LogP contribution in [0.2, 0.25) is 0 Å². The lowest BCUT2D eigenvalue weighted by Crippen LogP contribution is -2.38. The first kappa shape index (κ1) is 10.2. The largest absolute Gasteiger partial charge is 0.481 e. The fourth-order valence-corrected chi connectivity index (χ4v) is 1.61. The van der Waals surface area contributed by atoms with E-state index in [1.807, 2.05) is 0 Å². The monoisotopic (exact) mass is 209 g/mol. The number of hydrogen-bond acceptors (Lipinski definition) is 5. The predicted molar refractivity (Wildman–Crippen MR) is 54.8 cm³/mol. The molecule has 0 aliphatic heterocycles. The summed E-state index contributed by atoms with van der Waals surface area (Å²) in [5.74, 6) is 1.12. The van der Waals surface area contributed by atoms with Gasteiger partial charge in [0.05, 0.1) is 7.11 Å². The van der Waals surface area contributed by atoms with Crippen molar-refractivity contribution in [3.05, 3.63) is 12.3 Å². The Kier molecular flexibility index (Phi) is 3.01. The molecule has 5 heteroatoms. The van der Waals surface area contributed by atoms with Crippen LogP contribution in [0.5, 0.6) is 11.9 Å². The zero-order valence-electron chi connectivity index (χ0n) is 8.72. The van der Waals surface area contributed by atoms with Gasteiger partial charge in [0.2, 0.25) is 5.88 Å². The maximum atomic E-state index is 5.57. The van der Waals surface area contributed by atoms with Gasteiger partial charge in [0, 0.05) is 12.3 Å². The van der Waals surface area contributed by atoms with Crippen LogP contribution in [0, 0.1) is 5.92 Å². The molecule has 1 heterocycles. The van der Waals surface area contributed by atoms with Crippen LogP contribution in [-0.4, -0.2) is 29.7 Å². The maximum absolute atomic E-state index is 5.57. The van der Waals surface area contributed by atoms with Gasteiger partial charge in [0.25, 0.3) is 0 Å². The minimum absolute atomic E-state index is 0.214. The molecule has 0 amide bonds. The third kappa shape index (κ3) is 2.36. The Bertz CT molecular complexity index is 326. The van der Waals surface area contributed by atoms with Crippen LogP contribution in [-0.2, 0) is 0 Å². The first-order chi connectivity index (χ1) is 7.31. The van der Waals surface area contributed by atoms with Gasteiger partial charge >= 0.3 is 6.01 Å². The zero-order chi connectivity index (χ0) is 10.7. The predicted octanol–water partition coefficient (Wildman–Crippen LogP) is 0.601. The highest BCUT2D eigenvalue weighted by Crippen LogP contribution is 2.29. The van der Waals surface area contributed by atoms with Gasteiger partial charge in [0.1, 0.15) is 6.10 Å². The topological polar surface area (TPSA) is 70.3 Å². The quantitative estimate of drug-likeness (QED) is 0.786. The van der Waals surface area contributed by atoms with Gasteiger partial charge in [-0.1, -0.05) is 0 Å². The lowest BCUT2D eigenvalue weighted by Gasteiger charge is -2.33. The molecule has 0 saturated heterocycles. The second kappa shape index (κ2) is 4.44. The molecule has 1 aliphatic carbocycles. The molecule has 1 fully saturated rings. The summed E-state index contributed by atoms with van der Waals surface area (Å²) in [5, 5.41) is 0. The molecule has 0 spiro atoms. The minimum Gasteiger partial charge on any atom is -0.481 e. The molecule has 82 valence electrons. The molecule has 1 saturated carbocycles. The van der Waals surface area contributed by atoms with E-state index in [1.54, 1.807) is 19.4 Å². The molecule has 2 rings (SSSR count). The summed E-state index contributed by atoms with van der Waals surface area (Å²) in [7, 11) is 1.57. The van der Waals surface area contributed by atoms with E-state index in [0.29, 0.717) is 17.8 Å². The van der Waals surface area contributed by atoms with Gasteiger partial charge in [-0.2, -0.15) is 4.98 Å². The Labute approximate surface area is 88.6 Å². The first-order valence-electron chi connectivity index (χ1n) is 5.05. The molecule has 1 aliphatic rings. The van der Waals surface area contributed by atoms with Crippen molar-refractivity contribution in [2.24, 2.45) is 11.7 Å². The summed E-state index contributed by atoms with van der Waals surface area (Å²) in [6.45, 7) is 0.735. The summed E-state index contributed by atoms with van der Waals surface area (Å²) in [6.07, 6.45) is 3.83. The van der Waals surface area contributed by atoms with Crippen LogP contribution in [0.3, 0.4) is 0 Å². The van der Waals surface area contributed by atoms with Crippen molar-refractivity contribution in [2.75, 3.05) is 13.7 Å². The lowest BCUT2D eigenvalue weighted by molar-refractivity contribution is 0.0597. The van der Waals surface area contributed by atoms with E-state index in [4.69, 9.17) is 15.2 Å². The van der Waals surface area contributed by atoms with Crippen molar-refractivity contribution < 1.29 is 9.47 Å². The molecule has 15 heavy (non-hydrogen) atoms. The average molecular weight is 209 g/mol. The summed E-state index contributed by atoms with van der Waals surface area (Å²) in [6, 6.07) is 2.07. The highest BCUT2D eigenvalue weighted by atomic mass is 16.5. The van der Waals surface area contributed by atoms with E-state index in [0.717, 1.165) is 19.4 Å². The van der Waals surface area contributed by atoms with Gasteiger partial charge in [-0.3, -0.25) is 0 Å². The van der Waals surface area contributed by atoms with Gasteiger partial charge < -0.3 is 15.2 Å². The van der Waals surface area contributed by atoms with Crippen LogP contribution in [0.25, 0.3) is 0 Å². The smallest absolute Gasteiger partial charge is 0.319 e. The van der Waals surface area contributed by atoms with Gasteiger partial charge in [-0.15, -0.1) is 0 Å². The normalized spacial score (nSPS) is 24.4. The molecule has 1 aromatic heterocycles. The molecule has 1 aromatic rings. The number of aromatic nitrogens is 2. The first-order valence-corrected chi connectivity index (χ1v) is 5.05. The van der Waals surface area contributed by atoms with Crippen molar-refractivity contribution >= 4 is 0 Å². The van der Waals surface area contributed by atoms with Gasteiger partial charge in [0.15, 0.2) is 0 Å². The molecule has 0 bridgehead atoms. The standard InChI is InChI=1S/C10H15N3O2/c1-14-9-2-3-12-10(13-9)15-8-4-7(5-8)6-11/h2-3,7-8H,4-6,11H2,1H3. The molecule has 0 atom stereocenters. The molecule has 5 nitrogen and oxygen atoms in total. The van der Waals surface area contributed by atoms with E-state index < -0.39 is 0 Å². The summed E-state index contributed by atoms with van der Waals surface area (Å²) >= 11 is 0.